The monoisotopic (exact) mass is 659 g/mol. The Balaban J connectivity index is 1.16. The Morgan fingerprint density at radius 3 is 2.77 bits per heavy atom. The van der Waals surface area contributed by atoms with Crippen LogP contribution < -0.4 is 5.32 Å². The van der Waals surface area contributed by atoms with Crippen molar-refractivity contribution in [1.82, 2.24) is 15.1 Å². The zero-order valence-electron chi connectivity index (χ0n) is 29.7. The second-order valence-corrected chi connectivity index (χ2v) is 15.0. The number of methoxy groups -OCH3 is 1. The van der Waals surface area contributed by atoms with Crippen molar-refractivity contribution in [2.24, 2.45) is 29.6 Å². The van der Waals surface area contributed by atoms with Crippen molar-refractivity contribution < 1.29 is 19.4 Å². The number of nitrogens with zero attached hydrogens (tertiary/aromatic N) is 2. The summed E-state index contributed by atoms with van der Waals surface area (Å²) in [6, 6.07) is -0.0699. The Bertz CT molecular complexity index is 1260. The Kier molecular flexibility index (Phi) is 14.5. The van der Waals surface area contributed by atoms with Crippen LogP contribution in [0.3, 0.4) is 0 Å². The number of ketones is 1. The quantitative estimate of drug-likeness (QED) is 0.107. The van der Waals surface area contributed by atoms with Gasteiger partial charge in [0.05, 0.1) is 25.3 Å². The highest BCUT2D eigenvalue weighted by atomic mass is 16.5. The van der Waals surface area contributed by atoms with Gasteiger partial charge in [-0.25, -0.2) is 0 Å². The van der Waals surface area contributed by atoms with Crippen molar-refractivity contribution in [3.05, 3.63) is 65.5 Å². The molecular formula is C41H61N3O4. The highest BCUT2D eigenvalue weighted by molar-refractivity contribution is 5.83. The van der Waals surface area contributed by atoms with E-state index in [2.05, 4.69) is 59.3 Å². The summed E-state index contributed by atoms with van der Waals surface area (Å²) in [6.07, 6.45) is 29.9. The fraction of sp³-hybridized carbons (Fsp3) is 0.683. The molecule has 0 aromatic heterocycles. The number of rotatable bonds is 22. The summed E-state index contributed by atoms with van der Waals surface area (Å²) >= 11 is 0. The fourth-order valence-electron chi connectivity index (χ4n) is 8.30. The number of ether oxygens (including phenoxy) is 1. The molecule has 4 aliphatic carbocycles. The molecule has 264 valence electrons. The fourth-order valence-corrected chi connectivity index (χ4v) is 8.30. The Morgan fingerprint density at radius 2 is 2.02 bits per heavy atom. The normalized spacial score (nSPS) is 26.7. The van der Waals surface area contributed by atoms with Crippen LogP contribution in [-0.2, 0) is 14.3 Å². The maximum atomic E-state index is 13.8. The number of nitrogens with one attached hydrogen (secondary N) is 1. The molecule has 6 unspecified atom stereocenters. The average Bonchev–Trinajstić information content (AvgIpc) is 3.99. The lowest BCUT2D eigenvalue weighted by Crippen LogP contribution is -2.57. The minimum absolute atomic E-state index is 0.0699. The Morgan fingerprint density at radius 1 is 1.15 bits per heavy atom. The number of amides is 1. The van der Waals surface area contributed by atoms with E-state index in [0.717, 1.165) is 76.4 Å². The molecule has 0 aromatic rings. The first-order chi connectivity index (χ1) is 23.5. The molecule has 2 saturated carbocycles. The van der Waals surface area contributed by atoms with Crippen molar-refractivity contribution in [2.45, 2.75) is 96.1 Å². The molecule has 5 rings (SSSR count). The van der Waals surface area contributed by atoms with Crippen LogP contribution in [0.5, 0.6) is 0 Å². The minimum atomic E-state index is -0.0699. The van der Waals surface area contributed by atoms with E-state index < -0.39 is 0 Å². The topological polar surface area (TPSA) is 82.1 Å². The number of aliphatic hydroxyl groups is 1. The molecule has 48 heavy (non-hydrogen) atoms. The maximum Gasteiger partial charge on any atom is 0.237 e. The molecule has 0 aromatic carbocycles. The molecule has 5 aliphatic rings. The second kappa shape index (κ2) is 19.0. The molecule has 7 nitrogen and oxygen atoms in total. The molecule has 1 amide bonds. The summed E-state index contributed by atoms with van der Waals surface area (Å²) in [6.45, 7) is 6.32. The van der Waals surface area contributed by atoms with E-state index in [0.29, 0.717) is 50.4 Å². The zero-order valence-corrected chi connectivity index (χ0v) is 29.7. The largest absolute Gasteiger partial charge is 0.395 e. The van der Waals surface area contributed by atoms with Gasteiger partial charge in [-0.15, -0.1) is 5.73 Å². The first-order valence-electron chi connectivity index (χ1n) is 19.0. The van der Waals surface area contributed by atoms with Gasteiger partial charge in [0.2, 0.25) is 5.91 Å². The zero-order chi connectivity index (χ0) is 33.7. The van der Waals surface area contributed by atoms with Crippen LogP contribution in [0.15, 0.2) is 65.5 Å². The molecule has 1 saturated heterocycles. The molecule has 0 radical (unpaired) electrons. The molecule has 3 fully saturated rings. The third-order valence-electron chi connectivity index (χ3n) is 11.1. The summed E-state index contributed by atoms with van der Waals surface area (Å²) in [5.41, 5.74) is 5.95. The molecule has 0 spiro atoms. The number of hydrogen-bond donors (Lipinski definition) is 2. The first-order valence-corrected chi connectivity index (χ1v) is 19.0. The van der Waals surface area contributed by atoms with E-state index in [4.69, 9.17) is 9.84 Å². The Labute approximate surface area is 289 Å². The van der Waals surface area contributed by atoms with Crippen LogP contribution in [-0.4, -0.2) is 91.7 Å². The molecular weight excluding hydrogens is 598 g/mol. The van der Waals surface area contributed by atoms with Crippen molar-refractivity contribution in [3.63, 3.8) is 0 Å². The van der Waals surface area contributed by atoms with Gasteiger partial charge in [0.1, 0.15) is 5.78 Å². The molecule has 1 heterocycles. The van der Waals surface area contributed by atoms with E-state index >= 15 is 0 Å². The lowest BCUT2D eigenvalue weighted by Gasteiger charge is -2.41. The Hall–Kier alpha value is -2.54. The number of Topliss-reactive ketones (excluding diaryl/α,β-unsaturated/α-hetero) is 1. The van der Waals surface area contributed by atoms with E-state index in [9.17, 15) is 9.59 Å². The summed E-state index contributed by atoms with van der Waals surface area (Å²) in [5, 5.41) is 12.3. The number of hydrogen-bond acceptors (Lipinski definition) is 6. The van der Waals surface area contributed by atoms with Crippen molar-refractivity contribution in [3.8, 4) is 0 Å². The van der Waals surface area contributed by atoms with Gasteiger partial charge < -0.3 is 20.1 Å². The highest BCUT2D eigenvalue weighted by Crippen LogP contribution is 2.51. The van der Waals surface area contributed by atoms with Gasteiger partial charge in [-0.05, 0) is 125 Å². The van der Waals surface area contributed by atoms with Gasteiger partial charge in [-0.3, -0.25) is 14.5 Å². The number of carbonyl (C=O) groups excluding carboxylic acids is 2. The van der Waals surface area contributed by atoms with Crippen LogP contribution in [0.2, 0.25) is 0 Å². The summed E-state index contributed by atoms with van der Waals surface area (Å²) in [4.78, 5) is 31.3. The van der Waals surface area contributed by atoms with Crippen LogP contribution >= 0.6 is 0 Å². The first kappa shape index (κ1) is 36.7. The van der Waals surface area contributed by atoms with E-state index in [1.54, 1.807) is 0 Å². The van der Waals surface area contributed by atoms with Crippen molar-refractivity contribution in [1.29, 1.82) is 0 Å². The standard InChI is InChI=1S/C41H61N3O4/c1-3-21-43-29-37(44(41(47)30-43)22-8-19-42-20-23-45)28-38(46)26-33(13-18-40(48-2)35-16-17-35)24-32-11-14-34(15-12-32)39-27-36(39)25-31-9-6-4-5-7-10-31/h4,6-7,9-12,14,33-37,39-40,42,45H,3,8,13,15-30H2,1-2H3. The third-order valence-corrected chi connectivity index (χ3v) is 11.1. The van der Waals surface area contributed by atoms with Crippen LogP contribution in [0.4, 0.5) is 0 Å². The SMILES string of the molecule is CCCN1CC(=O)N(CCCNCCO)C(CC(=O)CC(CCC(OC)C2CC2)CC2=CCC(C3CC3CC3=CC=C=CC=C3)C=C2)C1. The van der Waals surface area contributed by atoms with E-state index in [-0.39, 0.29) is 30.3 Å². The molecule has 7 heteroatoms. The average molecular weight is 660 g/mol. The molecule has 1 aliphatic heterocycles. The molecule has 0 bridgehead atoms. The second-order valence-electron chi connectivity index (χ2n) is 15.0. The van der Waals surface area contributed by atoms with Crippen LogP contribution in [0.25, 0.3) is 0 Å². The minimum Gasteiger partial charge on any atom is -0.395 e. The number of carbonyl (C=O) groups is 2. The number of allylic oxidation sites excluding steroid dienone is 9. The number of piperazine rings is 1. The summed E-state index contributed by atoms with van der Waals surface area (Å²) in [5.74, 6) is 3.55. The van der Waals surface area contributed by atoms with Gasteiger partial charge in [0, 0.05) is 39.6 Å². The van der Waals surface area contributed by atoms with Crippen LogP contribution in [0, 0.1) is 29.6 Å². The van der Waals surface area contributed by atoms with Gasteiger partial charge in [0.25, 0.3) is 0 Å². The molecule has 2 N–H and O–H groups in total. The smallest absolute Gasteiger partial charge is 0.237 e. The summed E-state index contributed by atoms with van der Waals surface area (Å²) < 4.78 is 5.88. The van der Waals surface area contributed by atoms with E-state index in [1.165, 1.54) is 30.4 Å². The predicted octanol–water partition coefficient (Wildman–Crippen LogP) is 6.18. The lowest BCUT2D eigenvalue weighted by molar-refractivity contribution is -0.141. The predicted molar refractivity (Wildman–Crippen MR) is 193 cm³/mol. The van der Waals surface area contributed by atoms with Gasteiger partial charge in [-0.2, -0.15) is 0 Å². The van der Waals surface area contributed by atoms with Crippen molar-refractivity contribution in [2.75, 3.05) is 53.0 Å². The van der Waals surface area contributed by atoms with Crippen molar-refractivity contribution >= 4 is 11.7 Å². The summed E-state index contributed by atoms with van der Waals surface area (Å²) in [7, 11) is 1.84. The third kappa shape index (κ3) is 11.5. The van der Waals surface area contributed by atoms with Gasteiger partial charge in [0.15, 0.2) is 0 Å². The van der Waals surface area contributed by atoms with Gasteiger partial charge >= 0.3 is 0 Å². The van der Waals surface area contributed by atoms with E-state index in [1.807, 2.05) is 24.2 Å². The van der Waals surface area contributed by atoms with Gasteiger partial charge in [-0.1, -0.05) is 49.0 Å². The van der Waals surface area contributed by atoms with Crippen LogP contribution in [0.1, 0.15) is 84.0 Å². The molecule has 6 atom stereocenters. The highest BCUT2D eigenvalue weighted by Gasteiger charge is 2.42. The lowest BCUT2D eigenvalue weighted by atomic mass is 9.83. The number of aliphatic hydroxyl groups excluding tert-OH is 1. The maximum absolute atomic E-state index is 13.8.